The van der Waals surface area contributed by atoms with Crippen molar-refractivity contribution in [2.75, 3.05) is 13.2 Å². The van der Waals surface area contributed by atoms with Gasteiger partial charge in [0, 0.05) is 6.54 Å². The molecule has 6 heteroatoms. The molecule has 1 heterocycles. The van der Waals surface area contributed by atoms with E-state index in [1.807, 2.05) is 32.0 Å². The van der Waals surface area contributed by atoms with E-state index in [4.69, 9.17) is 9.26 Å². The average molecular weight is 291 g/mol. The fourth-order valence-corrected chi connectivity index (χ4v) is 2.02. The van der Waals surface area contributed by atoms with Gasteiger partial charge < -0.3 is 19.7 Å². The Morgan fingerprint density at radius 2 is 2.00 bits per heavy atom. The van der Waals surface area contributed by atoms with Crippen LogP contribution in [0.25, 0.3) is 0 Å². The van der Waals surface area contributed by atoms with E-state index in [0.717, 1.165) is 16.9 Å². The number of hydrogen-bond acceptors (Lipinski definition) is 6. The van der Waals surface area contributed by atoms with Crippen LogP contribution in [-0.4, -0.2) is 34.5 Å². The summed E-state index contributed by atoms with van der Waals surface area (Å²) in [6.07, 6.45) is -0.604. The van der Waals surface area contributed by atoms with Gasteiger partial charge in [0.05, 0.1) is 6.54 Å². The molecule has 0 bridgehead atoms. The normalized spacial score (nSPS) is 12.4. The Kier molecular flexibility index (Phi) is 5.30. The predicted octanol–water partition coefficient (Wildman–Crippen LogP) is 1.52. The summed E-state index contributed by atoms with van der Waals surface area (Å²) in [6.45, 7) is 6.81. The number of ether oxygens (including phenoxy) is 1. The first-order valence-corrected chi connectivity index (χ1v) is 6.93. The Labute approximate surface area is 124 Å². The lowest BCUT2D eigenvalue weighted by Crippen LogP contribution is -2.31. The van der Waals surface area contributed by atoms with Crippen molar-refractivity contribution in [3.8, 4) is 5.75 Å². The number of benzene rings is 1. The second kappa shape index (κ2) is 7.19. The lowest BCUT2D eigenvalue weighted by atomic mass is 10.1. The van der Waals surface area contributed by atoms with Crippen molar-refractivity contribution in [3.63, 3.8) is 0 Å². The molecule has 1 atom stereocenters. The zero-order valence-corrected chi connectivity index (χ0v) is 12.6. The van der Waals surface area contributed by atoms with Crippen LogP contribution in [0.4, 0.5) is 0 Å². The monoisotopic (exact) mass is 291 g/mol. The lowest BCUT2D eigenvalue weighted by Gasteiger charge is -2.15. The quantitative estimate of drug-likeness (QED) is 0.805. The molecule has 2 aromatic rings. The third-order valence-corrected chi connectivity index (χ3v) is 3.05. The minimum Gasteiger partial charge on any atom is -0.490 e. The number of aryl methyl sites for hydroxylation is 3. The van der Waals surface area contributed by atoms with Gasteiger partial charge in [-0.15, -0.1) is 0 Å². The van der Waals surface area contributed by atoms with Gasteiger partial charge in [-0.1, -0.05) is 23.4 Å². The molecule has 0 saturated heterocycles. The van der Waals surface area contributed by atoms with Gasteiger partial charge in [-0.05, 0) is 31.9 Å². The van der Waals surface area contributed by atoms with Crippen LogP contribution in [0.5, 0.6) is 5.75 Å². The smallest absolute Gasteiger partial charge is 0.240 e. The van der Waals surface area contributed by atoms with Gasteiger partial charge in [0.2, 0.25) is 5.89 Å². The summed E-state index contributed by atoms with van der Waals surface area (Å²) < 4.78 is 10.7. The summed E-state index contributed by atoms with van der Waals surface area (Å²) in [6, 6.07) is 5.97. The van der Waals surface area contributed by atoms with Crippen molar-refractivity contribution in [1.82, 2.24) is 15.5 Å². The second-order valence-electron chi connectivity index (χ2n) is 5.05. The van der Waals surface area contributed by atoms with Gasteiger partial charge in [0.25, 0.3) is 0 Å². The highest BCUT2D eigenvalue weighted by Gasteiger charge is 2.09. The number of aliphatic hydroxyl groups is 1. The molecule has 21 heavy (non-hydrogen) atoms. The summed E-state index contributed by atoms with van der Waals surface area (Å²) in [5, 5.41) is 16.7. The van der Waals surface area contributed by atoms with Crippen molar-refractivity contribution in [3.05, 3.63) is 41.0 Å². The van der Waals surface area contributed by atoms with Gasteiger partial charge >= 0.3 is 0 Å². The summed E-state index contributed by atoms with van der Waals surface area (Å²) in [5.74, 6) is 1.95. The predicted molar refractivity (Wildman–Crippen MR) is 78.2 cm³/mol. The first kappa shape index (κ1) is 15.5. The van der Waals surface area contributed by atoms with E-state index in [0.29, 0.717) is 24.8 Å². The Hall–Kier alpha value is -1.92. The van der Waals surface area contributed by atoms with E-state index in [9.17, 15) is 5.11 Å². The topological polar surface area (TPSA) is 80.4 Å². The molecule has 0 aliphatic carbocycles. The fraction of sp³-hybridized carbons (Fsp3) is 0.467. The second-order valence-corrected chi connectivity index (χ2v) is 5.05. The Morgan fingerprint density at radius 3 is 2.62 bits per heavy atom. The van der Waals surface area contributed by atoms with E-state index in [1.165, 1.54) is 0 Å². The minimum atomic E-state index is -0.604. The summed E-state index contributed by atoms with van der Waals surface area (Å²) in [4.78, 5) is 4.07. The molecule has 0 radical (unpaired) electrons. The van der Waals surface area contributed by atoms with Crippen LogP contribution in [0.2, 0.25) is 0 Å². The van der Waals surface area contributed by atoms with Crippen LogP contribution >= 0.6 is 0 Å². The number of nitrogens with zero attached hydrogens (tertiary/aromatic N) is 2. The van der Waals surface area contributed by atoms with E-state index < -0.39 is 6.10 Å². The van der Waals surface area contributed by atoms with Gasteiger partial charge in [-0.25, -0.2) is 0 Å². The molecule has 0 fully saturated rings. The van der Waals surface area contributed by atoms with Crippen molar-refractivity contribution < 1.29 is 14.4 Å². The maximum atomic E-state index is 9.92. The van der Waals surface area contributed by atoms with E-state index in [2.05, 4.69) is 15.5 Å². The molecule has 2 rings (SSSR count). The molecule has 1 aromatic carbocycles. The Bertz CT molecular complexity index is 563. The Balaban J connectivity index is 1.73. The molecule has 0 amide bonds. The molecule has 0 saturated carbocycles. The highest BCUT2D eigenvalue weighted by molar-refractivity contribution is 5.39. The van der Waals surface area contributed by atoms with Gasteiger partial charge in [-0.3, -0.25) is 0 Å². The molecule has 6 nitrogen and oxygen atoms in total. The van der Waals surface area contributed by atoms with Crippen molar-refractivity contribution >= 4 is 0 Å². The first-order chi connectivity index (χ1) is 10.1. The number of rotatable bonds is 7. The molecule has 0 aliphatic rings. The van der Waals surface area contributed by atoms with Crippen LogP contribution in [0, 0.1) is 20.8 Å². The van der Waals surface area contributed by atoms with Gasteiger partial charge in [0.1, 0.15) is 18.5 Å². The van der Waals surface area contributed by atoms with E-state index >= 15 is 0 Å². The lowest BCUT2D eigenvalue weighted by molar-refractivity contribution is 0.104. The van der Waals surface area contributed by atoms with Crippen molar-refractivity contribution in [1.29, 1.82) is 0 Å². The average Bonchev–Trinajstić information content (AvgIpc) is 2.84. The highest BCUT2D eigenvalue weighted by atomic mass is 16.5. The van der Waals surface area contributed by atoms with Crippen molar-refractivity contribution in [2.45, 2.75) is 33.4 Å². The molecule has 0 aliphatic heterocycles. The number of aliphatic hydroxyl groups excluding tert-OH is 1. The standard InChI is InChI=1S/C15H21N3O3/c1-10-5-4-6-11(2)15(10)20-9-13(19)7-16-8-14-17-12(3)18-21-14/h4-6,13,16,19H,7-9H2,1-3H3. The maximum Gasteiger partial charge on any atom is 0.240 e. The molecule has 1 aromatic heterocycles. The van der Waals surface area contributed by atoms with Crippen LogP contribution in [0.1, 0.15) is 22.8 Å². The molecule has 0 spiro atoms. The highest BCUT2D eigenvalue weighted by Crippen LogP contribution is 2.22. The zero-order chi connectivity index (χ0) is 15.2. The molecular formula is C15H21N3O3. The van der Waals surface area contributed by atoms with E-state index in [1.54, 1.807) is 6.92 Å². The summed E-state index contributed by atoms with van der Waals surface area (Å²) >= 11 is 0. The largest absolute Gasteiger partial charge is 0.490 e. The number of hydrogen-bond donors (Lipinski definition) is 2. The van der Waals surface area contributed by atoms with Crippen LogP contribution in [0.3, 0.4) is 0 Å². The van der Waals surface area contributed by atoms with Crippen LogP contribution in [0.15, 0.2) is 22.7 Å². The van der Waals surface area contributed by atoms with Crippen LogP contribution < -0.4 is 10.1 Å². The Morgan fingerprint density at radius 1 is 1.29 bits per heavy atom. The molecule has 1 unspecified atom stereocenters. The molecule has 114 valence electrons. The SMILES string of the molecule is Cc1noc(CNCC(O)COc2c(C)cccc2C)n1. The maximum absolute atomic E-state index is 9.92. The third-order valence-electron chi connectivity index (χ3n) is 3.05. The zero-order valence-electron chi connectivity index (χ0n) is 12.6. The molecular weight excluding hydrogens is 270 g/mol. The van der Waals surface area contributed by atoms with Crippen molar-refractivity contribution in [2.24, 2.45) is 0 Å². The third kappa shape index (κ3) is 4.54. The van der Waals surface area contributed by atoms with Gasteiger partial charge in [-0.2, -0.15) is 4.98 Å². The van der Waals surface area contributed by atoms with Gasteiger partial charge in [0.15, 0.2) is 5.82 Å². The fourth-order valence-electron chi connectivity index (χ4n) is 2.02. The number of para-hydroxylation sites is 1. The molecule has 2 N–H and O–H groups in total. The van der Waals surface area contributed by atoms with E-state index in [-0.39, 0.29) is 6.61 Å². The minimum absolute atomic E-state index is 0.238. The number of nitrogens with one attached hydrogen (secondary N) is 1. The summed E-state index contributed by atoms with van der Waals surface area (Å²) in [7, 11) is 0. The van der Waals surface area contributed by atoms with Crippen LogP contribution in [-0.2, 0) is 6.54 Å². The first-order valence-electron chi connectivity index (χ1n) is 6.93. The number of aromatic nitrogens is 2. The summed E-state index contributed by atoms with van der Waals surface area (Å²) in [5.41, 5.74) is 2.13.